The Balaban J connectivity index is 1.31. The van der Waals surface area contributed by atoms with E-state index >= 15 is 0 Å². The third-order valence-corrected chi connectivity index (χ3v) is 7.11. The van der Waals surface area contributed by atoms with Crippen molar-refractivity contribution in [3.8, 4) is 0 Å². The third kappa shape index (κ3) is 4.87. The van der Waals surface area contributed by atoms with Crippen molar-refractivity contribution in [3.63, 3.8) is 0 Å². The molecule has 2 bridgehead atoms. The topological polar surface area (TPSA) is 71.5 Å². The molecule has 1 N–H and O–H groups in total. The van der Waals surface area contributed by atoms with Crippen LogP contribution >= 0.6 is 0 Å². The van der Waals surface area contributed by atoms with E-state index in [1.54, 1.807) is 24.3 Å². The van der Waals surface area contributed by atoms with Crippen LogP contribution in [0, 0.1) is 5.92 Å². The van der Waals surface area contributed by atoms with Gasteiger partial charge in [-0.25, -0.2) is 9.78 Å². The van der Waals surface area contributed by atoms with Crippen molar-refractivity contribution in [2.45, 2.75) is 44.3 Å². The second-order valence-corrected chi connectivity index (χ2v) is 9.48. The molecule has 36 heavy (non-hydrogen) atoms. The maximum absolute atomic E-state index is 12.7. The number of ether oxygens (including phenoxy) is 1. The molecule has 1 aliphatic heterocycles. The number of nitrogens with zero attached hydrogens (tertiary/aromatic N) is 2. The molecule has 5 rings (SSSR count). The molecule has 1 aromatic heterocycles. The van der Waals surface area contributed by atoms with Gasteiger partial charge in [-0.1, -0.05) is 12.1 Å². The fraction of sp³-hybridized carbons (Fsp3) is 0.370. The zero-order chi connectivity index (χ0) is 25.4. The molecule has 1 aliphatic carbocycles. The van der Waals surface area contributed by atoms with Crippen molar-refractivity contribution in [3.05, 3.63) is 65.2 Å². The Hall–Kier alpha value is -3.62. The lowest BCUT2D eigenvalue weighted by atomic mass is 10.1. The number of rotatable bonds is 6. The molecule has 0 radical (unpaired) electrons. The van der Waals surface area contributed by atoms with Crippen LogP contribution in [0.15, 0.2) is 48.5 Å². The zero-order valence-electron chi connectivity index (χ0n) is 19.8. The first-order chi connectivity index (χ1) is 17.2. The van der Waals surface area contributed by atoms with Gasteiger partial charge in [-0.15, -0.1) is 0 Å². The number of fused-ring (bicyclic) bond motifs is 3. The summed E-state index contributed by atoms with van der Waals surface area (Å²) in [7, 11) is 1.33. The molecular formula is C27H26F3N3O3. The van der Waals surface area contributed by atoms with Crippen LogP contribution in [0.3, 0.4) is 0 Å². The van der Waals surface area contributed by atoms with Gasteiger partial charge < -0.3 is 15.0 Å². The van der Waals surface area contributed by atoms with Crippen LogP contribution in [0.4, 0.5) is 24.7 Å². The van der Waals surface area contributed by atoms with Gasteiger partial charge in [-0.3, -0.25) is 4.79 Å². The minimum absolute atomic E-state index is 0.0992. The summed E-state index contributed by atoms with van der Waals surface area (Å²) in [6.45, 7) is 0.941. The summed E-state index contributed by atoms with van der Waals surface area (Å²) in [5.41, 5.74) is 1.44. The number of nitrogens with one attached hydrogen (secondary N) is 1. The highest BCUT2D eigenvalue weighted by Crippen LogP contribution is 2.40. The Labute approximate surface area is 206 Å². The fourth-order valence-corrected chi connectivity index (χ4v) is 5.26. The highest BCUT2D eigenvalue weighted by molar-refractivity contribution is 6.06. The number of carbonyl (C=O) groups excluding carboxylic acids is 2. The number of amides is 1. The smallest absolute Gasteiger partial charge is 0.416 e. The highest BCUT2D eigenvalue weighted by Gasteiger charge is 2.38. The van der Waals surface area contributed by atoms with Crippen molar-refractivity contribution >= 4 is 34.3 Å². The van der Waals surface area contributed by atoms with Crippen molar-refractivity contribution in [1.82, 2.24) is 4.98 Å². The van der Waals surface area contributed by atoms with E-state index in [2.05, 4.69) is 10.2 Å². The number of aryl methyl sites for hydroxylation is 1. The van der Waals surface area contributed by atoms with Crippen molar-refractivity contribution in [2.24, 2.45) is 5.92 Å². The number of halogens is 3. The predicted molar refractivity (Wildman–Crippen MR) is 130 cm³/mol. The minimum atomic E-state index is -4.39. The maximum Gasteiger partial charge on any atom is 0.416 e. The Morgan fingerprint density at radius 1 is 1.11 bits per heavy atom. The van der Waals surface area contributed by atoms with Crippen LogP contribution in [0.25, 0.3) is 10.9 Å². The van der Waals surface area contributed by atoms with E-state index in [0.717, 1.165) is 37.3 Å². The molecule has 2 heterocycles. The van der Waals surface area contributed by atoms with Crippen molar-refractivity contribution in [2.75, 3.05) is 23.9 Å². The van der Waals surface area contributed by atoms with Gasteiger partial charge >= 0.3 is 12.1 Å². The first kappa shape index (κ1) is 24.1. The molecule has 1 saturated carbocycles. The number of carbonyl (C=O) groups is 2. The number of esters is 1. The SMILES string of the molecule is COC(=O)c1cc(N2CC3CCC2C3)nc2ccc(NC(=O)CCc3ccc(C(F)(F)F)cc3)cc12. The lowest BCUT2D eigenvalue weighted by Gasteiger charge is -2.28. The van der Waals surface area contributed by atoms with Gasteiger partial charge in [0.25, 0.3) is 0 Å². The van der Waals surface area contributed by atoms with Crippen LogP contribution in [-0.2, 0) is 22.1 Å². The van der Waals surface area contributed by atoms with Crippen LogP contribution in [0.5, 0.6) is 0 Å². The largest absolute Gasteiger partial charge is 0.465 e. The average Bonchev–Trinajstić information content (AvgIpc) is 3.50. The lowest BCUT2D eigenvalue weighted by molar-refractivity contribution is -0.137. The maximum atomic E-state index is 12.7. The highest BCUT2D eigenvalue weighted by atomic mass is 19.4. The predicted octanol–water partition coefficient (Wildman–Crippen LogP) is 5.60. The number of anilines is 2. The van der Waals surface area contributed by atoms with Gasteiger partial charge in [0.15, 0.2) is 0 Å². The van der Waals surface area contributed by atoms with E-state index < -0.39 is 17.7 Å². The first-order valence-corrected chi connectivity index (χ1v) is 12.0. The molecule has 1 amide bonds. The summed E-state index contributed by atoms with van der Waals surface area (Å²) in [4.78, 5) is 32.2. The van der Waals surface area contributed by atoms with Gasteiger partial charge in [0, 0.05) is 30.1 Å². The molecule has 2 unspecified atom stereocenters. The third-order valence-electron chi connectivity index (χ3n) is 7.11. The Morgan fingerprint density at radius 3 is 2.53 bits per heavy atom. The summed E-state index contributed by atoms with van der Waals surface area (Å²) in [6, 6.07) is 12.2. The number of pyridine rings is 1. The van der Waals surface area contributed by atoms with Gasteiger partial charge in [0.1, 0.15) is 5.82 Å². The molecule has 6 nitrogen and oxygen atoms in total. The van der Waals surface area contributed by atoms with Crippen molar-refractivity contribution in [1.29, 1.82) is 0 Å². The summed E-state index contributed by atoms with van der Waals surface area (Å²) < 4.78 is 43.2. The Bertz CT molecular complexity index is 1310. The fourth-order valence-electron chi connectivity index (χ4n) is 5.26. The normalized spacial score (nSPS) is 19.1. The summed E-state index contributed by atoms with van der Waals surface area (Å²) in [5, 5.41) is 3.39. The van der Waals surface area contributed by atoms with Gasteiger partial charge in [0.2, 0.25) is 5.91 Å². The van der Waals surface area contributed by atoms with E-state index in [9.17, 15) is 22.8 Å². The molecule has 9 heteroatoms. The van der Waals surface area contributed by atoms with E-state index in [-0.39, 0.29) is 12.3 Å². The Morgan fingerprint density at radius 2 is 1.89 bits per heavy atom. The summed E-state index contributed by atoms with van der Waals surface area (Å²) in [6.07, 6.45) is -0.463. The summed E-state index contributed by atoms with van der Waals surface area (Å²) >= 11 is 0. The van der Waals surface area contributed by atoms with E-state index in [1.165, 1.54) is 25.7 Å². The number of benzene rings is 2. The van der Waals surface area contributed by atoms with Crippen molar-refractivity contribution < 1.29 is 27.5 Å². The molecule has 2 aliphatic rings. The summed E-state index contributed by atoms with van der Waals surface area (Å²) in [5.74, 6) is 0.683. The average molecular weight is 498 g/mol. The number of methoxy groups -OCH3 is 1. The molecular weight excluding hydrogens is 471 g/mol. The molecule has 2 fully saturated rings. The molecule has 2 aromatic carbocycles. The molecule has 1 saturated heterocycles. The van der Waals surface area contributed by atoms with Gasteiger partial charge in [0.05, 0.1) is 23.8 Å². The number of aromatic nitrogens is 1. The van der Waals surface area contributed by atoms with Crippen LogP contribution in [-0.4, -0.2) is 36.6 Å². The minimum Gasteiger partial charge on any atom is -0.465 e. The zero-order valence-corrected chi connectivity index (χ0v) is 19.8. The standard InChI is InChI=1S/C27H26F3N3O3/c1-36-26(35)22-14-24(33-15-17-4-9-20(33)12-17)32-23-10-8-19(13-21(22)23)31-25(34)11-5-16-2-6-18(7-3-16)27(28,29)30/h2-3,6-8,10,13-14,17,20H,4-5,9,11-12,15H2,1H3,(H,31,34). The molecule has 3 aromatic rings. The van der Waals surface area contributed by atoms with Crippen LogP contribution in [0.2, 0.25) is 0 Å². The van der Waals surface area contributed by atoms with E-state index in [0.29, 0.717) is 46.1 Å². The lowest BCUT2D eigenvalue weighted by Crippen LogP contribution is -2.32. The van der Waals surface area contributed by atoms with Gasteiger partial charge in [-0.2, -0.15) is 13.2 Å². The van der Waals surface area contributed by atoms with Gasteiger partial charge in [-0.05, 0) is 73.6 Å². The second kappa shape index (κ2) is 9.44. The van der Waals surface area contributed by atoms with E-state index in [1.807, 2.05) is 0 Å². The molecule has 0 spiro atoms. The monoisotopic (exact) mass is 497 g/mol. The second-order valence-electron chi connectivity index (χ2n) is 9.48. The molecule has 2 atom stereocenters. The van der Waals surface area contributed by atoms with E-state index in [4.69, 9.17) is 9.72 Å². The Kier molecular flexibility index (Phi) is 6.32. The number of hydrogen-bond donors (Lipinski definition) is 1. The quantitative estimate of drug-likeness (QED) is 0.449. The number of alkyl halides is 3. The van der Waals surface area contributed by atoms with Crippen LogP contribution in [0.1, 0.15) is 47.2 Å². The van der Waals surface area contributed by atoms with Crippen LogP contribution < -0.4 is 10.2 Å². The number of piperidine rings is 1. The number of hydrogen-bond acceptors (Lipinski definition) is 5. The molecule has 188 valence electrons. The first-order valence-electron chi connectivity index (χ1n) is 12.0.